The minimum atomic E-state index is 0.555. The van der Waals surface area contributed by atoms with Gasteiger partial charge in [0.05, 0.1) is 0 Å². The Bertz CT molecular complexity index is 395. The van der Waals surface area contributed by atoms with Gasteiger partial charge >= 0.3 is 0 Å². The lowest BCUT2D eigenvalue weighted by Crippen LogP contribution is -2.53. The predicted molar refractivity (Wildman–Crippen MR) is 108 cm³/mol. The van der Waals surface area contributed by atoms with Gasteiger partial charge in [-0.15, -0.1) is 0 Å². The van der Waals surface area contributed by atoms with Crippen LogP contribution in [-0.2, 0) is 0 Å². The molecule has 25 heavy (non-hydrogen) atoms. The lowest BCUT2D eigenvalue weighted by atomic mass is 9.83. The van der Waals surface area contributed by atoms with Gasteiger partial charge in [0.25, 0.3) is 0 Å². The molecule has 5 heteroatoms. The van der Waals surface area contributed by atoms with Crippen LogP contribution in [0.3, 0.4) is 0 Å². The molecule has 1 saturated carbocycles. The van der Waals surface area contributed by atoms with Crippen molar-refractivity contribution in [1.29, 1.82) is 0 Å². The Balaban J connectivity index is 1.72. The third-order valence-corrected chi connectivity index (χ3v) is 6.27. The van der Waals surface area contributed by atoms with Gasteiger partial charge in [0.15, 0.2) is 5.96 Å². The van der Waals surface area contributed by atoms with E-state index in [0.717, 1.165) is 30.9 Å². The number of hydrogen-bond donors (Lipinski definition) is 1. The number of likely N-dealkylation sites (N-methyl/N-ethyl adjacent to an activating group) is 1. The summed E-state index contributed by atoms with van der Waals surface area (Å²) in [6.45, 7) is 15.1. The van der Waals surface area contributed by atoms with E-state index >= 15 is 0 Å². The zero-order chi connectivity index (χ0) is 18.2. The van der Waals surface area contributed by atoms with Crippen molar-refractivity contribution in [2.75, 3.05) is 59.9 Å². The topological polar surface area (TPSA) is 34.1 Å². The van der Waals surface area contributed by atoms with Crippen LogP contribution in [0.5, 0.6) is 0 Å². The van der Waals surface area contributed by atoms with Crippen molar-refractivity contribution in [2.24, 2.45) is 16.8 Å². The molecule has 0 amide bonds. The quantitative estimate of drug-likeness (QED) is 0.588. The van der Waals surface area contributed by atoms with Crippen LogP contribution in [-0.4, -0.2) is 86.6 Å². The van der Waals surface area contributed by atoms with Gasteiger partial charge in [-0.1, -0.05) is 26.7 Å². The standard InChI is InChI=1S/C20H41N5/c1-6-24-11-13-25(14-12-24)18(3)15-22-20(21-4)23(5)16-19-9-7-17(2)8-10-19/h17-19H,6-16H2,1-5H3,(H,21,22). The highest BCUT2D eigenvalue weighted by Crippen LogP contribution is 2.28. The molecule has 0 spiro atoms. The summed E-state index contributed by atoms with van der Waals surface area (Å²) < 4.78 is 0. The van der Waals surface area contributed by atoms with Crippen molar-refractivity contribution in [3.05, 3.63) is 0 Å². The average Bonchev–Trinajstić information content (AvgIpc) is 2.64. The first kappa shape index (κ1) is 20.5. The molecule has 1 aliphatic carbocycles. The number of nitrogens with zero attached hydrogens (tertiary/aromatic N) is 4. The van der Waals surface area contributed by atoms with Crippen LogP contribution in [0.4, 0.5) is 0 Å². The molecule has 0 bridgehead atoms. The van der Waals surface area contributed by atoms with Crippen LogP contribution in [0.1, 0.15) is 46.5 Å². The molecule has 2 fully saturated rings. The highest BCUT2D eigenvalue weighted by Gasteiger charge is 2.22. The Hall–Kier alpha value is -0.810. The van der Waals surface area contributed by atoms with E-state index in [-0.39, 0.29) is 0 Å². The van der Waals surface area contributed by atoms with Crippen molar-refractivity contribution < 1.29 is 0 Å². The van der Waals surface area contributed by atoms with E-state index in [9.17, 15) is 0 Å². The molecule has 5 nitrogen and oxygen atoms in total. The Morgan fingerprint density at radius 3 is 2.36 bits per heavy atom. The Morgan fingerprint density at radius 2 is 1.80 bits per heavy atom. The highest BCUT2D eigenvalue weighted by atomic mass is 15.3. The van der Waals surface area contributed by atoms with Gasteiger partial charge in [-0.3, -0.25) is 9.89 Å². The molecule has 1 N–H and O–H groups in total. The van der Waals surface area contributed by atoms with Crippen molar-refractivity contribution in [2.45, 2.75) is 52.5 Å². The van der Waals surface area contributed by atoms with Crippen molar-refractivity contribution in [3.63, 3.8) is 0 Å². The first-order valence-electron chi connectivity index (χ1n) is 10.4. The fourth-order valence-electron chi connectivity index (χ4n) is 4.26. The van der Waals surface area contributed by atoms with E-state index in [0.29, 0.717) is 6.04 Å². The van der Waals surface area contributed by atoms with E-state index in [2.05, 4.69) is 52.8 Å². The van der Waals surface area contributed by atoms with E-state index < -0.39 is 0 Å². The molecular weight excluding hydrogens is 310 g/mol. The molecule has 0 aromatic carbocycles. The van der Waals surface area contributed by atoms with Gasteiger partial charge in [-0.05, 0) is 38.1 Å². The Morgan fingerprint density at radius 1 is 1.16 bits per heavy atom. The molecular formula is C20H41N5. The summed E-state index contributed by atoms with van der Waals surface area (Å²) in [4.78, 5) is 12.0. The van der Waals surface area contributed by atoms with Gasteiger partial charge in [-0.25, -0.2) is 0 Å². The van der Waals surface area contributed by atoms with Gasteiger partial charge in [0.2, 0.25) is 0 Å². The summed E-state index contributed by atoms with van der Waals surface area (Å²) in [6.07, 6.45) is 5.54. The first-order chi connectivity index (χ1) is 12.0. The molecule has 1 saturated heterocycles. The lowest BCUT2D eigenvalue weighted by Gasteiger charge is -2.38. The summed E-state index contributed by atoms with van der Waals surface area (Å²) in [5.41, 5.74) is 0. The number of aliphatic imine (C=N–C) groups is 1. The van der Waals surface area contributed by atoms with Gasteiger partial charge in [-0.2, -0.15) is 0 Å². The van der Waals surface area contributed by atoms with Gasteiger partial charge in [0.1, 0.15) is 0 Å². The number of hydrogen-bond acceptors (Lipinski definition) is 3. The minimum absolute atomic E-state index is 0.555. The molecule has 1 heterocycles. The molecule has 146 valence electrons. The second-order valence-electron chi connectivity index (χ2n) is 8.25. The largest absolute Gasteiger partial charge is 0.355 e. The van der Waals surface area contributed by atoms with Gasteiger partial charge in [0, 0.05) is 59.4 Å². The average molecular weight is 352 g/mol. The molecule has 1 unspecified atom stereocenters. The Labute approximate surface area is 155 Å². The van der Waals surface area contributed by atoms with Crippen LogP contribution in [0.2, 0.25) is 0 Å². The fourth-order valence-corrected chi connectivity index (χ4v) is 4.26. The maximum absolute atomic E-state index is 4.52. The highest BCUT2D eigenvalue weighted by molar-refractivity contribution is 5.79. The number of rotatable bonds is 6. The third-order valence-electron chi connectivity index (χ3n) is 6.27. The number of guanidine groups is 1. The molecule has 1 atom stereocenters. The van der Waals surface area contributed by atoms with Crippen molar-refractivity contribution >= 4 is 5.96 Å². The van der Waals surface area contributed by atoms with E-state index in [1.54, 1.807) is 0 Å². The van der Waals surface area contributed by atoms with Crippen LogP contribution >= 0.6 is 0 Å². The minimum Gasteiger partial charge on any atom is -0.355 e. The second-order valence-corrected chi connectivity index (χ2v) is 8.25. The van der Waals surface area contributed by atoms with Crippen molar-refractivity contribution in [3.8, 4) is 0 Å². The smallest absolute Gasteiger partial charge is 0.193 e. The molecule has 0 aromatic rings. The molecule has 0 radical (unpaired) electrons. The number of piperazine rings is 1. The summed E-state index contributed by atoms with van der Waals surface area (Å²) in [6, 6.07) is 0.555. The van der Waals surface area contributed by atoms with E-state index in [1.165, 1.54) is 58.4 Å². The maximum Gasteiger partial charge on any atom is 0.193 e. The summed E-state index contributed by atoms with van der Waals surface area (Å²) in [5.74, 6) is 2.81. The molecule has 1 aliphatic heterocycles. The SMILES string of the molecule is CCN1CCN(C(C)CNC(=NC)N(C)CC2CCC(C)CC2)CC1. The van der Waals surface area contributed by atoms with Crippen LogP contribution in [0.15, 0.2) is 4.99 Å². The second kappa shape index (κ2) is 10.4. The van der Waals surface area contributed by atoms with Crippen molar-refractivity contribution in [1.82, 2.24) is 20.0 Å². The van der Waals surface area contributed by atoms with Gasteiger partial charge < -0.3 is 15.1 Å². The molecule has 2 rings (SSSR count). The fraction of sp³-hybridized carbons (Fsp3) is 0.950. The predicted octanol–water partition coefficient (Wildman–Crippen LogP) is 2.35. The summed E-state index contributed by atoms with van der Waals surface area (Å²) in [5, 5.41) is 3.61. The zero-order valence-corrected chi connectivity index (χ0v) is 17.3. The molecule has 0 aromatic heterocycles. The Kier molecular flexibility index (Phi) is 8.50. The van der Waals surface area contributed by atoms with Crippen LogP contribution in [0, 0.1) is 11.8 Å². The normalized spacial score (nSPS) is 28.0. The zero-order valence-electron chi connectivity index (χ0n) is 17.3. The molecule has 2 aliphatic rings. The monoisotopic (exact) mass is 351 g/mol. The van der Waals surface area contributed by atoms with E-state index in [1.807, 2.05) is 7.05 Å². The maximum atomic E-state index is 4.52. The lowest BCUT2D eigenvalue weighted by molar-refractivity contribution is 0.107. The third kappa shape index (κ3) is 6.45. The summed E-state index contributed by atoms with van der Waals surface area (Å²) >= 11 is 0. The van der Waals surface area contributed by atoms with Crippen LogP contribution in [0.25, 0.3) is 0 Å². The van der Waals surface area contributed by atoms with Crippen LogP contribution < -0.4 is 5.32 Å². The first-order valence-corrected chi connectivity index (χ1v) is 10.4. The number of nitrogens with one attached hydrogen (secondary N) is 1. The summed E-state index contributed by atoms with van der Waals surface area (Å²) in [7, 11) is 4.10. The van der Waals surface area contributed by atoms with E-state index in [4.69, 9.17) is 0 Å².